The van der Waals surface area contributed by atoms with E-state index in [9.17, 15) is 4.79 Å². The molecule has 0 unspecified atom stereocenters. The Morgan fingerprint density at radius 1 is 0.724 bits per heavy atom. The van der Waals surface area contributed by atoms with E-state index in [4.69, 9.17) is 0 Å². The third-order valence-electron chi connectivity index (χ3n) is 4.23. The van der Waals surface area contributed by atoms with Crippen LogP contribution in [0, 0.1) is 0 Å². The Labute approximate surface area is 174 Å². The predicted octanol–water partition coefficient (Wildman–Crippen LogP) is 5.54. The summed E-state index contributed by atoms with van der Waals surface area (Å²) in [6.45, 7) is 0. The lowest BCUT2D eigenvalue weighted by atomic mass is 10.1. The molecule has 1 aromatic heterocycles. The second-order valence-electron chi connectivity index (χ2n) is 6.36. The fourth-order valence-corrected chi connectivity index (χ4v) is 3.51. The first kappa shape index (κ1) is 18.9. The van der Waals surface area contributed by atoms with Gasteiger partial charge in [0, 0.05) is 16.8 Å². The first-order valence-corrected chi connectivity index (χ1v) is 10.2. The van der Waals surface area contributed by atoms with Gasteiger partial charge in [0.15, 0.2) is 5.16 Å². The van der Waals surface area contributed by atoms with Crippen LogP contribution in [0.5, 0.6) is 0 Å². The zero-order valence-corrected chi connectivity index (χ0v) is 16.5. The van der Waals surface area contributed by atoms with Crippen LogP contribution < -0.4 is 5.32 Å². The third kappa shape index (κ3) is 5.09. The summed E-state index contributed by atoms with van der Waals surface area (Å²) < 4.78 is 0. The summed E-state index contributed by atoms with van der Waals surface area (Å²) in [6, 6.07) is 31.4. The van der Waals surface area contributed by atoms with Gasteiger partial charge >= 0.3 is 0 Å². The van der Waals surface area contributed by atoms with Gasteiger partial charge in [-0.1, -0.05) is 90.6 Å². The van der Waals surface area contributed by atoms with E-state index < -0.39 is 0 Å². The maximum atomic E-state index is 12.3. The van der Waals surface area contributed by atoms with E-state index in [-0.39, 0.29) is 11.7 Å². The quantitative estimate of drug-likeness (QED) is 0.343. The topological polar surface area (TPSA) is 54.9 Å². The molecule has 0 bridgehead atoms. The van der Waals surface area contributed by atoms with Crippen molar-refractivity contribution in [2.45, 2.75) is 5.16 Å². The number of nitrogens with one attached hydrogen (secondary N) is 1. The minimum absolute atomic E-state index is 0.0869. The number of rotatable bonds is 6. The van der Waals surface area contributed by atoms with Crippen molar-refractivity contribution in [2.24, 2.45) is 0 Å². The van der Waals surface area contributed by atoms with Crippen molar-refractivity contribution in [3.05, 3.63) is 97.1 Å². The number of thioether (sulfide) groups is 1. The van der Waals surface area contributed by atoms with Crippen molar-refractivity contribution in [1.29, 1.82) is 0 Å². The Morgan fingerprint density at radius 2 is 1.21 bits per heavy atom. The molecule has 0 saturated heterocycles. The number of hydrogen-bond acceptors (Lipinski definition) is 4. The molecule has 1 N–H and O–H groups in total. The highest BCUT2D eigenvalue weighted by atomic mass is 32.2. The van der Waals surface area contributed by atoms with Crippen LogP contribution in [0.2, 0.25) is 0 Å². The largest absolute Gasteiger partial charge is 0.325 e. The van der Waals surface area contributed by atoms with Gasteiger partial charge in [-0.15, -0.1) is 0 Å². The molecule has 142 valence electrons. The number of benzene rings is 3. The standard InChI is InChI=1S/C24H19N3OS/c28-23(25-20-14-8-3-9-15-20)17-29-24-26-21(18-10-4-1-5-11-18)16-22(27-24)19-12-6-2-7-13-19/h1-16H,17H2,(H,25,28). The predicted molar refractivity (Wildman–Crippen MR) is 119 cm³/mol. The molecule has 1 heterocycles. The second kappa shape index (κ2) is 9.17. The highest BCUT2D eigenvalue weighted by molar-refractivity contribution is 7.99. The lowest BCUT2D eigenvalue weighted by Gasteiger charge is -2.09. The lowest BCUT2D eigenvalue weighted by molar-refractivity contribution is -0.113. The Balaban J connectivity index is 1.58. The fraction of sp³-hybridized carbons (Fsp3) is 0.0417. The number of anilines is 1. The highest BCUT2D eigenvalue weighted by Crippen LogP contribution is 2.26. The van der Waals surface area contributed by atoms with Crippen molar-refractivity contribution in [1.82, 2.24) is 9.97 Å². The van der Waals surface area contributed by atoms with Gasteiger partial charge in [-0.3, -0.25) is 4.79 Å². The number of hydrogen-bond donors (Lipinski definition) is 1. The molecule has 1 amide bonds. The number of amides is 1. The van der Waals surface area contributed by atoms with Gasteiger partial charge in [-0.25, -0.2) is 9.97 Å². The molecule has 0 atom stereocenters. The summed E-state index contributed by atoms with van der Waals surface area (Å²) in [4.78, 5) is 21.7. The van der Waals surface area contributed by atoms with E-state index in [0.29, 0.717) is 5.16 Å². The van der Waals surface area contributed by atoms with Crippen LogP contribution in [0.1, 0.15) is 0 Å². The molecule has 0 spiro atoms. The number of carbonyl (C=O) groups excluding carboxylic acids is 1. The zero-order chi connectivity index (χ0) is 19.9. The molecule has 0 saturated carbocycles. The van der Waals surface area contributed by atoms with Gasteiger partial charge in [-0.2, -0.15) is 0 Å². The van der Waals surface area contributed by atoms with Gasteiger partial charge in [0.2, 0.25) is 5.91 Å². The van der Waals surface area contributed by atoms with Crippen LogP contribution in [0.15, 0.2) is 102 Å². The third-order valence-corrected chi connectivity index (χ3v) is 5.08. The Bertz CT molecular complexity index is 1030. The molecule has 4 nitrogen and oxygen atoms in total. The first-order valence-electron chi connectivity index (χ1n) is 9.25. The molecule has 0 radical (unpaired) electrons. The first-order chi connectivity index (χ1) is 14.3. The normalized spacial score (nSPS) is 10.5. The SMILES string of the molecule is O=C(CSc1nc(-c2ccccc2)cc(-c2ccccc2)n1)Nc1ccccc1. The molecule has 3 aromatic carbocycles. The van der Waals surface area contributed by atoms with Crippen molar-refractivity contribution in [3.8, 4) is 22.5 Å². The summed E-state index contributed by atoms with van der Waals surface area (Å²) in [5.41, 5.74) is 4.49. The van der Waals surface area contributed by atoms with E-state index in [1.165, 1.54) is 11.8 Å². The van der Waals surface area contributed by atoms with E-state index >= 15 is 0 Å². The van der Waals surface area contributed by atoms with Gasteiger partial charge < -0.3 is 5.32 Å². The van der Waals surface area contributed by atoms with E-state index in [1.54, 1.807) is 0 Å². The van der Waals surface area contributed by atoms with Crippen LogP contribution in [0.25, 0.3) is 22.5 Å². The average molecular weight is 398 g/mol. The molecular formula is C24H19N3OS. The Morgan fingerprint density at radius 3 is 1.72 bits per heavy atom. The smallest absolute Gasteiger partial charge is 0.234 e. The van der Waals surface area contributed by atoms with Crippen LogP contribution in [0.3, 0.4) is 0 Å². The molecule has 0 aliphatic heterocycles. The minimum atomic E-state index is -0.0869. The van der Waals surface area contributed by atoms with Crippen molar-refractivity contribution in [3.63, 3.8) is 0 Å². The molecule has 4 aromatic rings. The molecule has 29 heavy (non-hydrogen) atoms. The van der Waals surface area contributed by atoms with Gasteiger partial charge in [0.05, 0.1) is 17.1 Å². The maximum absolute atomic E-state index is 12.3. The summed E-state index contributed by atoms with van der Waals surface area (Å²) in [5, 5.41) is 3.47. The molecule has 0 aliphatic carbocycles. The molecule has 5 heteroatoms. The summed E-state index contributed by atoms with van der Waals surface area (Å²) in [7, 11) is 0. The van der Waals surface area contributed by atoms with Gasteiger partial charge in [-0.05, 0) is 18.2 Å². The number of para-hydroxylation sites is 1. The average Bonchev–Trinajstić information content (AvgIpc) is 2.79. The van der Waals surface area contributed by atoms with Crippen LogP contribution >= 0.6 is 11.8 Å². The van der Waals surface area contributed by atoms with Crippen molar-refractivity contribution < 1.29 is 4.79 Å². The minimum Gasteiger partial charge on any atom is -0.325 e. The lowest BCUT2D eigenvalue weighted by Crippen LogP contribution is -2.14. The summed E-state index contributed by atoms with van der Waals surface area (Å²) >= 11 is 1.33. The molecule has 0 aliphatic rings. The van der Waals surface area contributed by atoms with Crippen LogP contribution in [-0.4, -0.2) is 21.6 Å². The molecular weight excluding hydrogens is 378 g/mol. The van der Waals surface area contributed by atoms with Gasteiger partial charge in [0.25, 0.3) is 0 Å². The van der Waals surface area contributed by atoms with E-state index in [2.05, 4.69) is 15.3 Å². The van der Waals surface area contributed by atoms with Crippen molar-refractivity contribution in [2.75, 3.05) is 11.1 Å². The van der Waals surface area contributed by atoms with Crippen molar-refractivity contribution >= 4 is 23.4 Å². The summed E-state index contributed by atoms with van der Waals surface area (Å²) in [5.74, 6) is 0.151. The van der Waals surface area contributed by atoms with E-state index in [1.807, 2.05) is 97.1 Å². The Kier molecular flexibility index (Phi) is 5.98. The molecule has 0 fully saturated rings. The highest BCUT2D eigenvalue weighted by Gasteiger charge is 2.11. The number of nitrogens with zero attached hydrogens (tertiary/aromatic N) is 2. The molecule has 4 rings (SSSR count). The number of carbonyl (C=O) groups is 1. The number of aromatic nitrogens is 2. The zero-order valence-electron chi connectivity index (χ0n) is 15.7. The summed E-state index contributed by atoms with van der Waals surface area (Å²) in [6.07, 6.45) is 0. The van der Waals surface area contributed by atoms with E-state index in [0.717, 1.165) is 28.2 Å². The monoisotopic (exact) mass is 397 g/mol. The van der Waals surface area contributed by atoms with Crippen LogP contribution in [-0.2, 0) is 4.79 Å². The van der Waals surface area contributed by atoms with Gasteiger partial charge in [0.1, 0.15) is 0 Å². The van der Waals surface area contributed by atoms with Crippen LogP contribution in [0.4, 0.5) is 5.69 Å². The fourth-order valence-electron chi connectivity index (χ4n) is 2.85. The second-order valence-corrected chi connectivity index (χ2v) is 7.30. The maximum Gasteiger partial charge on any atom is 0.234 e. The Hall–Kier alpha value is -3.44.